The fraction of sp³-hybridized carbons (Fsp3) is 0.667. The van der Waals surface area contributed by atoms with Crippen LogP contribution in [0.5, 0.6) is 0 Å². The van der Waals surface area contributed by atoms with Gasteiger partial charge in [-0.05, 0) is 24.6 Å². The van der Waals surface area contributed by atoms with Crippen molar-refractivity contribution in [1.29, 1.82) is 0 Å². The van der Waals surface area contributed by atoms with E-state index in [1.807, 2.05) is 11.0 Å². The van der Waals surface area contributed by atoms with Crippen molar-refractivity contribution in [2.45, 2.75) is 89.6 Å². The van der Waals surface area contributed by atoms with E-state index in [9.17, 15) is 9.59 Å². The molecule has 2 heterocycles. The number of nitrogens with zero attached hydrogens (tertiary/aromatic N) is 1. The Morgan fingerprint density at radius 1 is 1.00 bits per heavy atom. The van der Waals surface area contributed by atoms with Crippen molar-refractivity contribution in [1.82, 2.24) is 10.2 Å². The van der Waals surface area contributed by atoms with Crippen LogP contribution in [0.1, 0.15) is 94.3 Å². The van der Waals surface area contributed by atoms with E-state index in [2.05, 4.69) is 17.6 Å². The first-order chi connectivity index (χ1) is 14.5. The van der Waals surface area contributed by atoms with E-state index in [4.69, 9.17) is 11.6 Å². The third kappa shape index (κ3) is 6.13. The number of carbonyl (C=O) groups excluding carboxylic acids is 2. The van der Waals surface area contributed by atoms with Gasteiger partial charge in [0.15, 0.2) is 0 Å². The van der Waals surface area contributed by atoms with Gasteiger partial charge in [0, 0.05) is 43.1 Å². The van der Waals surface area contributed by atoms with E-state index in [1.54, 1.807) is 12.1 Å². The maximum atomic E-state index is 12.6. The summed E-state index contributed by atoms with van der Waals surface area (Å²) in [5.74, 6) is 0.155. The van der Waals surface area contributed by atoms with Crippen LogP contribution in [0.2, 0.25) is 5.02 Å². The Morgan fingerprint density at radius 3 is 2.30 bits per heavy atom. The number of carbonyl (C=O) groups is 2. The van der Waals surface area contributed by atoms with Gasteiger partial charge in [-0.2, -0.15) is 0 Å². The van der Waals surface area contributed by atoms with Crippen molar-refractivity contribution in [3.63, 3.8) is 0 Å². The Bertz CT molecular complexity index is 729. The fourth-order valence-corrected chi connectivity index (χ4v) is 4.69. The molecule has 0 aromatic heterocycles. The van der Waals surface area contributed by atoms with Crippen LogP contribution in [0.15, 0.2) is 18.2 Å². The predicted octanol–water partition coefficient (Wildman–Crippen LogP) is 5.73. The van der Waals surface area contributed by atoms with Crippen LogP contribution >= 0.6 is 11.6 Å². The molecule has 1 spiro atoms. The summed E-state index contributed by atoms with van der Waals surface area (Å²) in [6, 6.07) is 5.35. The molecule has 166 valence electrons. The number of hydrogen-bond acceptors (Lipinski definition) is 3. The van der Waals surface area contributed by atoms with Gasteiger partial charge in [-0.1, -0.05) is 69.9 Å². The molecule has 2 amide bonds. The first kappa shape index (κ1) is 22.9. The highest BCUT2D eigenvalue weighted by molar-refractivity contribution is 6.31. The highest BCUT2D eigenvalue weighted by Crippen LogP contribution is 2.32. The first-order valence-corrected chi connectivity index (χ1v) is 12.1. The van der Waals surface area contributed by atoms with Gasteiger partial charge < -0.3 is 15.5 Å². The molecule has 0 aliphatic carbocycles. The molecule has 1 aromatic carbocycles. The normalized spacial score (nSPS) is 17.4. The number of halogens is 1. The Balaban J connectivity index is 1.36. The summed E-state index contributed by atoms with van der Waals surface area (Å²) < 4.78 is 0. The average molecular weight is 434 g/mol. The van der Waals surface area contributed by atoms with Crippen molar-refractivity contribution in [3.05, 3.63) is 28.8 Å². The summed E-state index contributed by atoms with van der Waals surface area (Å²) in [7, 11) is 0. The summed E-state index contributed by atoms with van der Waals surface area (Å²) in [6.07, 6.45) is 13.4. The average Bonchev–Trinajstić information content (AvgIpc) is 2.73. The van der Waals surface area contributed by atoms with E-state index >= 15 is 0 Å². The maximum Gasteiger partial charge on any atom is 0.255 e. The molecule has 1 fully saturated rings. The Labute approximate surface area is 185 Å². The number of likely N-dealkylation sites (tertiary alicyclic amines) is 1. The second-order valence-electron chi connectivity index (χ2n) is 8.81. The SMILES string of the molecule is CCCCCCCCCCCC(=O)N1CCC2(CC1)NC(=O)c1cc(Cl)ccc1N2. The van der Waals surface area contributed by atoms with Gasteiger partial charge in [0.1, 0.15) is 5.66 Å². The molecule has 5 nitrogen and oxygen atoms in total. The zero-order valence-corrected chi connectivity index (χ0v) is 19.0. The van der Waals surface area contributed by atoms with Gasteiger partial charge in [0.25, 0.3) is 5.91 Å². The molecule has 1 saturated heterocycles. The van der Waals surface area contributed by atoms with Gasteiger partial charge >= 0.3 is 0 Å². The molecule has 0 saturated carbocycles. The molecule has 2 N–H and O–H groups in total. The molecule has 3 rings (SSSR count). The first-order valence-electron chi connectivity index (χ1n) is 11.7. The number of piperidine rings is 1. The number of amides is 2. The lowest BCUT2D eigenvalue weighted by molar-refractivity contribution is -0.132. The van der Waals surface area contributed by atoms with Crippen molar-refractivity contribution < 1.29 is 9.59 Å². The number of hydrogen-bond donors (Lipinski definition) is 2. The second kappa shape index (κ2) is 11.0. The molecule has 6 heteroatoms. The molecule has 2 aliphatic rings. The van der Waals surface area contributed by atoms with Crippen molar-refractivity contribution in [3.8, 4) is 0 Å². The Morgan fingerprint density at radius 2 is 1.63 bits per heavy atom. The fourth-order valence-electron chi connectivity index (χ4n) is 4.52. The lowest BCUT2D eigenvalue weighted by Gasteiger charge is -2.46. The van der Waals surface area contributed by atoms with Crippen LogP contribution in [0.3, 0.4) is 0 Å². The summed E-state index contributed by atoms with van der Waals surface area (Å²) in [5, 5.41) is 7.15. The number of rotatable bonds is 10. The summed E-state index contributed by atoms with van der Waals surface area (Å²) in [5.41, 5.74) is 0.932. The molecule has 1 aromatic rings. The molecular weight excluding hydrogens is 398 g/mol. The number of fused-ring (bicyclic) bond motifs is 1. The van der Waals surface area contributed by atoms with Crippen LogP contribution in [0, 0.1) is 0 Å². The third-order valence-electron chi connectivity index (χ3n) is 6.42. The largest absolute Gasteiger partial charge is 0.362 e. The molecule has 0 atom stereocenters. The lowest BCUT2D eigenvalue weighted by Crippen LogP contribution is -2.62. The molecular formula is C24H36ClN3O2. The molecule has 0 unspecified atom stereocenters. The van der Waals surface area contributed by atoms with E-state index in [0.29, 0.717) is 42.9 Å². The highest BCUT2D eigenvalue weighted by Gasteiger charge is 2.40. The number of nitrogens with one attached hydrogen (secondary N) is 2. The smallest absolute Gasteiger partial charge is 0.255 e. The summed E-state index contributed by atoms with van der Waals surface area (Å²) >= 11 is 6.02. The number of anilines is 1. The van der Waals surface area contributed by atoms with Gasteiger partial charge in [-0.25, -0.2) is 0 Å². The van der Waals surface area contributed by atoms with E-state index in [0.717, 1.165) is 18.5 Å². The van der Waals surface area contributed by atoms with Crippen molar-refractivity contribution >= 4 is 29.1 Å². The van der Waals surface area contributed by atoms with E-state index in [1.165, 1.54) is 44.9 Å². The number of benzene rings is 1. The Hall–Kier alpha value is -1.75. The predicted molar refractivity (Wildman–Crippen MR) is 123 cm³/mol. The van der Waals surface area contributed by atoms with Crippen molar-refractivity contribution in [2.75, 3.05) is 18.4 Å². The van der Waals surface area contributed by atoms with Crippen LogP contribution in [0.25, 0.3) is 0 Å². The minimum atomic E-state index is -0.466. The standard InChI is InChI=1S/C24H36ClN3O2/c1-2-3-4-5-6-7-8-9-10-11-22(29)28-16-14-24(15-17-28)26-21-13-12-19(25)18-20(21)23(30)27-24/h12-13,18,26H,2-11,14-17H2,1H3,(H,27,30). The van der Waals surface area contributed by atoms with Crippen LogP contribution in [-0.4, -0.2) is 35.5 Å². The molecule has 30 heavy (non-hydrogen) atoms. The van der Waals surface area contributed by atoms with Gasteiger partial charge in [0.05, 0.1) is 5.56 Å². The van der Waals surface area contributed by atoms with Crippen molar-refractivity contribution in [2.24, 2.45) is 0 Å². The molecule has 0 radical (unpaired) electrons. The highest BCUT2D eigenvalue weighted by atomic mass is 35.5. The minimum absolute atomic E-state index is 0.0966. The molecule has 0 bridgehead atoms. The van der Waals surface area contributed by atoms with Crippen LogP contribution in [0.4, 0.5) is 5.69 Å². The van der Waals surface area contributed by atoms with Gasteiger partial charge in [-0.15, -0.1) is 0 Å². The zero-order valence-electron chi connectivity index (χ0n) is 18.3. The van der Waals surface area contributed by atoms with Crippen LogP contribution in [-0.2, 0) is 4.79 Å². The Kier molecular flexibility index (Phi) is 8.43. The third-order valence-corrected chi connectivity index (χ3v) is 6.65. The van der Waals surface area contributed by atoms with E-state index < -0.39 is 5.66 Å². The summed E-state index contributed by atoms with van der Waals surface area (Å²) in [4.78, 5) is 27.1. The van der Waals surface area contributed by atoms with Gasteiger partial charge in [0.2, 0.25) is 5.91 Å². The topological polar surface area (TPSA) is 61.4 Å². The van der Waals surface area contributed by atoms with E-state index in [-0.39, 0.29) is 11.8 Å². The second-order valence-corrected chi connectivity index (χ2v) is 9.25. The number of unbranched alkanes of at least 4 members (excludes halogenated alkanes) is 8. The summed E-state index contributed by atoms with van der Waals surface area (Å²) in [6.45, 7) is 3.59. The molecule has 2 aliphatic heterocycles. The zero-order chi connectivity index (χ0) is 21.4. The quantitative estimate of drug-likeness (QED) is 0.463. The minimum Gasteiger partial charge on any atom is -0.362 e. The van der Waals surface area contributed by atoms with Crippen LogP contribution < -0.4 is 10.6 Å². The lowest BCUT2D eigenvalue weighted by atomic mass is 9.92. The monoisotopic (exact) mass is 433 g/mol. The van der Waals surface area contributed by atoms with Gasteiger partial charge in [-0.3, -0.25) is 9.59 Å². The maximum absolute atomic E-state index is 12.6.